The third-order valence-corrected chi connectivity index (χ3v) is 4.97. The van der Waals surface area contributed by atoms with Gasteiger partial charge in [-0.3, -0.25) is 9.59 Å². The lowest BCUT2D eigenvalue weighted by atomic mass is 9.97. The summed E-state index contributed by atoms with van der Waals surface area (Å²) in [6, 6.07) is 5.42. The van der Waals surface area contributed by atoms with Crippen molar-refractivity contribution in [2.75, 3.05) is 0 Å². The summed E-state index contributed by atoms with van der Waals surface area (Å²) in [5.41, 5.74) is 4.65. The average Bonchev–Trinajstić information content (AvgIpc) is 2.99. The van der Waals surface area contributed by atoms with Crippen LogP contribution in [0.15, 0.2) is 36.0 Å². The Morgan fingerprint density at radius 3 is 2.52 bits per heavy atom. The topological polar surface area (TPSA) is 74.0 Å². The highest BCUT2D eigenvalue weighted by Gasteiger charge is 2.34. The van der Waals surface area contributed by atoms with Crippen LogP contribution in [0.5, 0.6) is 0 Å². The van der Waals surface area contributed by atoms with Crippen molar-refractivity contribution in [3.05, 3.63) is 47.2 Å². The molecule has 0 bridgehead atoms. The summed E-state index contributed by atoms with van der Waals surface area (Å²) in [4.78, 5) is 28.1. The van der Waals surface area contributed by atoms with E-state index in [-0.39, 0.29) is 11.8 Å². The van der Waals surface area contributed by atoms with E-state index in [1.807, 2.05) is 20.0 Å². The molecule has 3 N–H and O–H groups in total. The SMILES string of the molecule is CC(C)=CCc1ccc2c(C[C@@H]3NC(=O)[C@H](CC(C)C)NC3=O)c[nH]c2c1. The van der Waals surface area contributed by atoms with Crippen molar-refractivity contribution in [3.63, 3.8) is 0 Å². The summed E-state index contributed by atoms with van der Waals surface area (Å²) >= 11 is 0. The Kier molecular flexibility index (Phi) is 5.68. The Bertz CT molecular complexity index is 875. The summed E-state index contributed by atoms with van der Waals surface area (Å²) in [7, 11) is 0. The Morgan fingerprint density at radius 2 is 1.81 bits per heavy atom. The van der Waals surface area contributed by atoms with Crippen molar-refractivity contribution >= 4 is 22.7 Å². The second-order valence-electron chi connectivity index (χ2n) is 8.14. The van der Waals surface area contributed by atoms with Gasteiger partial charge in [0.05, 0.1) is 0 Å². The summed E-state index contributed by atoms with van der Waals surface area (Å²) < 4.78 is 0. The van der Waals surface area contributed by atoms with Gasteiger partial charge in [-0.15, -0.1) is 0 Å². The van der Waals surface area contributed by atoms with Crippen LogP contribution >= 0.6 is 0 Å². The third kappa shape index (κ3) is 4.59. The number of carbonyl (C=O) groups is 2. The number of piperazine rings is 1. The Balaban J connectivity index is 1.72. The quantitative estimate of drug-likeness (QED) is 0.686. The van der Waals surface area contributed by atoms with E-state index in [0.29, 0.717) is 18.8 Å². The van der Waals surface area contributed by atoms with E-state index in [1.54, 1.807) is 0 Å². The average molecular weight is 367 g/mol. The lowest BCUT2D eigenvalue weighted by Crippen LogP contribution is -2.62. The molecule has 1 fully saturated rings. The predicted molar refractivity (Wildman–Crippen MR) is 108 cm³/mol. The molecule has 0 spiro atoms. The molecule has 1 aromatic heterocycles. The number of H-pyrrole nitrogens is 1. The van der Waals surface area contributed by atoms with Crippen molar-refractivity contribution in [1.82, 2.24) is 15.6 Å². The van der Waals surface area contributed by atoms with Gasteiger partial charge in [-0.2, -0.15) is 0 Å². The zero-order chi connectivity index (χ0) is 19.6. The molecule has 5 heteroatoms. The fourth-order valence-corrected chi connectivity index (χ4v) is 3.53. The molecule has 5 nitrogen and oxygen atoms in total. The van der Waals surface area contributed by atoms with E-state index < -0.39 is 12.1 Å². The zero-order valence-corrected chi connectivity index (χ0v) is 16.6. The van der Waals surface area contributed by atoms with Crippen LogP contribution in [0, 0.1) is 5.92 Å². The first-order valence-corrected chi connectivity index (χ1v) is 9.66. The molecule has 1 aromatic carbocycles. The van der Waals surface area contributed by atoms with Crippen molar-refractivity contribution in [2.45, 2.75) is 59.0 Å². The molecule has 2 heterocycles. The standard InChI is InChI=1S/C22H29N3O2/c1-13(2)5-6-15-7-8-17-16(12-23-18(17)10-15)11-20-22(27)24-19(9-14(3)4)21(26)25-20/h5,7-8,10,12,14,19-20,23H,6,9,11H2,1-4H3,(H,24,27)(H,25,26)/t19-,20-/m0/s1. The number of aromatic nitrogens is 1. The molecule has 0 unspecified atom stereocenters. The number of nitrogens with one attached hydrogen (secondary N) is 3. The van der Waals surface area contributed by atoms with Crippen LogP contribution in [0.2, 0.25) is 0 Å². The number of carbonyl (C=O) groups excluding carboxylic acids is 2. The second kappa shape index (κ2) is 7.99. The van der Waals surface area contributed by atoms with Crippen molar-refractivity contribution in [3.8, 4) is 0 Å². The molecule has 0 radical (unpaired) electrons. The highest BCUT2D eigenvalue weighted by atomic mass is 16.2. The summed E-state index contributed by atoms with van der Waals surface area (Å²) in [5, 5.41) is 6.87. The molecule has 0 aliphatic carbocycles. The van der Waals surface area contributed by atoms with Crippen LogP contribution in [0.3, 0.4) is 0 Å². The van der Waals surface area contributed by atoms with Gasteiger partial charge in [-0.25, -0.2) is 0 Å². The lowest BCUT2D eigenvalue weighted by molar-refractivity contribution is -0.137. The van der Waals surface area contributed by atoms with E-state index >= 15 is 0 Å². The van der Waals surface area contributed by atoms with Crippen LogP contribution in [0.1, 0.15) is 45.2 Å². The molecule has 144 valence electrons. The van der Waals surface area contributed by atoms with E-state index in [9.17, 15) is 9.59 Å². The van der Waals surface area contributed by atoms with Gasteiger partial charge in [0.2, 0.25) is 11.8 Å². The van der Waals surface area contributed by atoms with Gasteiger partial charge in [-0.1, -0.05) is 37.6 Å². The van der Waals surface area contributed by atoms with E-state index in [1.165, 1.54) is 11.1 Å². The van der Waals surface area contributed by atoms with E-state index in [0.717, 1.165) is 22.9 Å². The normalized spacial score (nSPS) is 19.9. The monoisotopic (exact) mass is 367 g/mol. The molecule has 1 saturated heterocycles. The Labute approximate surface area is 160 Å². The fraction of sp³-hybridized carbons (Fsp3) is 0.455. The first kappa shape index (κ1) is 19.2. The van der Waals surface area contributed by atoms with Gasteiger partial charge in [0.15, 0.2) is 0 Å². The number of benzene rings is 1. The molecule has 1 aliphatic heterocycles. The van der Waals surface area contributed by atoms with Crippen molar-refractivity contribution in [1.29, 1.82) is 0 Å². The minimum atomic E-state index is -0.523. The first-order chi connectivity index (χ1) is 12.8. The minimum Gasteiger partial charge on any atom is -0.361 e. The van der Waals surface area contributed by atoms with Gasteiger partial charge in [0.25, 0.3) is 0 Å². The molecule has 2 amide bonds. The van der Waals surface area contributed by atoms with Gasteiger partial charge < -0.3 is 15.6 Å². The molecule has 0 saturated carbocycles. The molecular formula is C22H29N3O2. The maximum Gasteiger partial charge on any atom is 0.243 e. The van der Waals surface area contributed by atoms with Crippen molar-refractivity contribution < 1.29 is 9.59 Å². The fourth-order valence-electron chi connectivity index (χ4n) is 3.53. The molecule has 27 heavy (non-hydrogen) atoms. The number of fused-ring (bicyclic) bond motifs is 1. The van der Waals surface area contributed by atoms with Crippen LogP contribution in [0.25, 0.3) is 10.9 Å². The third-order valence-electron chi connectivity index (χ3n) is 4.97. The summed E-state index contributed by atoms with van der Waals surface area (Å²) in [6.07, 6.45) is 6.20. The number of hydrogen-bond acceptors (Lipinski definition) is 2. The van der Waals surface area contributed by atoms with Crippen LogP contribution < -0.4 is 10.6 Å². The van der Waals surface area contributed by atoms with Crippen LogP contribution in [-0.2, 0) is 22.4 Å². The van der Waals surface area contributed by atoms with Gasteiger partial charge in [0.1, 0.15) is 12.1 Å². The number of allylic oxidation sites excluding steroid dienone is 2. The second-order valence-corrected chi connectivity index (χ2v) is 8.14. The number of rotatable bonds is 6. The Morgan fingerprint density at radius 1 is 1.11 bits per heavy atom. The first-order valence-electron chi connectivity index (χ1n) is 9.66. The zero-order valence-electron chi connectivity index (χ0n) is 16.6. The van der Waals surface area contributed by atoms with Gasteiger partial charge in [-0.05, 0) is 49.8 Å². The van der Waals surface area contributed by atoms with Gasteiger partial charge >= 0.3 is 0 Å². The summed E-state index contributed by atoms with van der Waals surface area (Å²) in [5.74, 6) is 0.165. The molecule has 1 aliphatic rings. The van der Waals surface area contributed by atoms with Crippen molar-refractivity contribution in [2.24, 2.45) is 5.92 Å². The highest BCUT2D eigenvalue weighted by molar-refractivity contribution is 5.97. The number of hydrogen-bond donors (Lipinski definition) is 3. The van der Waals surface area contributed by atoms with Crippen LogP contribution in [0.4, 0.5) is 0 Å². The largest absolute Gasteiger partial charge is 0.361 e. The van der Waals surface area contributed by atoms with Crippen LogP contribution in [-0.4, -0.2) is 28.9 Å². The number of amides is 2. The predicted octanol–water partition coefficient (Wildman–Crippen LogP) is 3.25. The molecule has 2 aromatic rings. The molecule has 3 rings (SSSR count). The maximum absolute atomic E-state index is 12.5. The van der Waals surface area contributed by atoms with Gasteiger partial charge in [0, 0.05) is 23.5 Å². The summed E-state index contributed by atoms with van der Waals surface area (Å²) in [6.45, 7) is 8.29. The highest BCUT2D eigenvalue weighted by Crippen LogP contribution is 2.22. The Hall–Kier alpha value is -2.56. The lowest BCUT2D eigenvalue weighted by Gasteiger charge is -2.30. The van der Waals surface area contributed by atoms with E-state index in [2.05, 4.69) is 53.7 Å². The minimum absolute atomic E-state index is 0.0860. The van der Waals surface area contributed by atoms with E-state index in [4.69, 9.17) is 0 Å². The molecule has 2 atom stereocenters. The maximum atomic E-state index is 12.5. The smallest absolute Gasteiger partial charge is 0.243 e. The number of aromatic amines is 1. The molecular weight excluding hydrogens is 338 g/mol.